The van der Waals surface area contributed by atoms with Crippen LogP contribution in [-0.2, 0) is 87.0 Å². The molecule has 1 saturated carbocycles. The maximum atomic E-state index is 8.32. The molecule has 8 rings (SSSR count). The Bertz CT molecular complexity index is 2000. The molecule has 7 aliphatic heterocycles. The van der Waals surface area contributed by atoms with Crippen LogP contribution >= 0.6 is 0 Å². The Morgan fingerprint density at radius 2 is 0.438 bits per heavy atom. The Hall–Kier alpha value is 2.63. The molecule has 0 aromatic rings. The molecule has 0 N–H and O–H groups in total. The molecule has 0 radical (unpaired) electrons. The Kier molecular flexibility index (Phi) is 27.0. The summed E-state index contributed by atoms with van der Waals surface area (Å²) in [6.45, 7) is 50.0. The molecule has 21 nitrogen and oxygen atoms in total. The monoisotopic (exact) mass is 1530 g/mol. The van der Waals surface area contributed by atoms with Crippen molar-refractivity contribution in [1.82, 2.24) is 0 Å². The van der Waals surface area contributed by atoms with Gasteiger partial charge in [-0.2, -0.15) is 0 Å². The Morgan fingerprint density at radius 1 is 0.258 bits per heavy atom. The van der Waals surface area contributed by atoms with Crippen molar-refractivity contribution in [2.24, 2.45) is 5.92 Å². The van der Waals surface area contributed by atoms with E-state index in [0.29, 0.717) is 145 Å². The quantitative estimate of drug-likeness (QED) is 0.0414. The summed E-state index contributed by atoms with van der Waals surface area (Å²) in [5.41, 5.74) is 0. The second-order valence-electron chi connectivity index (χ2n) is 26.9. The number of ether oxygens (including phenoxy) is 1. The second kappa shape index (κ2) is 30.5. The van der Waals surface area contributed by atoms with Crippen molar-refractivity contribution in [1.29, 1.82) is 0 Å². The summed E-state index contributed by atoms with van der Waals surface area (Å²) in [5, 5.41) is 0. The van der Waals surface area contributed by atoms with Crippen LogP contribution in [0, 0.1) is 5.92 Å². The average Bonchev–Trinajstić information content (AvgIpc) is 0.748. The van der Waals surface area contributed by atoms with Gasteiger partial charge in [-0.05, 0) is 171 Å². The van der Waals surface area contributed by atoms with Crippen LogP contribution in [0.1, 0.15) is 171 Å². The minimum Gasteiger partial charge on any atom is -0.395 e. The van der Waals surface area contributed by atoms with Crippen LogP contribution in [0.15, 0.2) is 0 Å². The molecule has 89 heavy (non-hydrogen) atoms. The van der Waals surface area contributed by atoms with E-state index in [1.165, 1.54) is 0 Å². The molecule has 8 aliphatic rings. The van der Waals surface area contributed by atoms with Crippen LogP contribution in [0.4, 0.5) is 0 Å². The number of fused-ring (bicyclic) bond motifs is 1. The third kappa shape index (κ3) is 16.7. The first-order valence-electron chi connectivity index (χ1n) is 35.6. The van der Waals surface area contributed by atoms with Crippen LogP contribution in [0.2, 0.25) is 146 Å². The maximum Gasteiger partial charge on any atom is 0.651 e. The Morgan fingerprint density at radius 3 is 0.607 bits per heavy atom. The summed E-state index contributed by atoms with van der Waals surface area (Å²) in [5.74, 6) is 0.446. The van der Waals surface area contributed by atoms with Gasteiger partial charge in [-0.1, -0.05) is 152 Å². The third-order valence-corrected chi connectivity index (χ3v) is 97.5. The molecule has 1 aliphatic carbocycles. The molecule has 0 aromatic heterocycles. The van der Waals surface area contributed by atoms with Gasteiger partial charge in [0.25, 0.3) is 0 Å². The smallest absolute Gasteiger partial charge is 0.395 e. The molecule has 522 valence electrons. The van der Waals surface area contributed by atoms with Gasteiger partial charge in [0.2, 0.25) is 0 Å². The summed E-state index contributed by atoms with van der Waals surface area (Å²) >= 11 is 0. The molecular weight excluding hydrogens is 1410 g/mol. The van der Waals surface area contributed by atoms with Gasteiger partial charge < -0.3 is 87.0 Å². The van der Waals surface area contributed by atoms with Crippen LogP contribution in [0.3, 0.4) is 0 Å². The average molecular weight is 1530 g/mol. The van der Waals surface area contributed by atoms with Gasteiger partial charge >= 0.3 is 72.4 Å². The highest BCUT2D eigenvalue weighted by Crippen LogP contribution is 2.56. The van der Waals surface area contributed by atoms with E-state index in [4.69, 9.17) is 87.0 Å². The second-order valence-corrected chi connectivity index (χ2v) is 86.7. The van der Waals surface area contributed by atoms with Gasteiger partial charge in [0.15, 0.2) is 66.5 Å². The minimum atomic E-state index is -5.32. The van der Waals surface area contributed by atoms with Crippen LogP contribution in [0.25, 0.3) is 0 Å². The van der Waals surface area contributed by atoms with Crippen molar-refractivity contribution in [2.45, 2.75) is 329 Å². The minimum absolute atomic E-state index is 0.316. The van der Waals surface area contributed by atoms with E-state index in [-0.39, 0.29) is 0 Å². The van der Waals surface area contributed by atoms with Crippen molar-refractivity contribution in [3.8, 4) is 0 Å². The van der Waals surface area contributed by atoms with Gasteiger partial charge in [0.05, 0.1) is 12.2 Å². The fraction of sp³-hybridized carbons (Fsp3) is 1.00. The summed E-state index contributed by atoms with van der Waals surface area (Å²) < 4.78 is 171. The lowest BCUT2D eigenvalue weighted by Gasteiger charge is -2.62. The molecule has 0 spiro atoms. The zero-order valence-electron chi connectivity index (χ0n) is 59.7. The van der Waals surface area contributed by atoms with Gasteiger partial charge in [0, 0.05) is 0 Å². The van der Waals surface area contributed by atoms with Crippen molar-refractivity contribution in [3.63, 3.8) is 0 Å². The number of hydrogen-bond acceptors (Lipinski definition) is 21. The van der Waals surface area contributed by atoms with Gasteiger partial charge in [-0.15, -0.1) is 0 Å². The van der Waals surface area contributed by atoms with Crippen molar-refractivity contribution in [2.75, 3.05) is 0 Å². The molecule has 8 bridgehead atoms. The van der Waals surface area contributed by atoms with Gasteiger partial charge in [0.1, 0.15) is 0 Å². The summed E-state index contributed by atoms with van der Waals surface area (Å²) in [7, 11) is -66.9. The zero-order chi connectivity index (χ0) is 66.0. The highest BCUT2D eigenvalue weighted by Gasteiger charge is 2.93. The number of hydrogen-bond donors (Lipinski definition) is 0. The Labute approximate surface area is 557 Å². The first-order chi connectivity index (χ1) is 42.0. The number of rotatable bonds is 40. The van der Waals surface area contributed by atoms with Gasteiger partial charge in [-0.25, -0.2) is 0 Å². The van der Waals surface area contributed by atoms with Crippen LogP contribution in [0.5, 0.6) is 0 Å². The third-order valence-electron chi connectivity index (χ3n) is 22.6. The lowest BCUT2D eigenvalue weighted by Crippen LogP contribution is -2.93. The topological polar surface area (TPSA) is 197 Å². The number of epoxide rings is 1. The van der Waals surface area contributed by atoms with Crippen molar-refractivity contribution < 1.29 is 87.0 Å². The van der Waals surface area contributed by atoms with Crippen LogP contribution in [-0.4, -0.2) is 151 Å². The zero-order valence-corrected chi connectivity index (χ0v) is 75.7. The summed E-state index contributed by atoms with van der Waals surface area (Å²) in [6, 6.07) is 14.6. The van der Waals surface area contributed by atoms with Crippen molar-refractivity contribution in [3.05, 3.63) is 0 Å². The molecule has 0 aromatic carbocycles. The first kappa shape index (κ1) is 79.0. The van der Waals surface area contributed by atoms with E-state index in [2.05, 4.69) is 158 Å². The molecule has 7 heterocycles. The van der Waals surface area contributed by atoms with Crippen LogP contribution < -0.4 is 0 Å². The highest BCUT2D eigenvalue weighted by atomic mass is 28.7. The molecule has 0 amide bonds. The van der Waals surface area contributed by atoms with Gasteiger partial charge in [-0.3, -0.25) is 0 Å². The van der Waals surface area contributed by atoms with E-state index in [1.807, 2.05) is 0 Å². The predicted molar refractivity (Wildman–Crippen MR) is 381 cm³/mol. The fourth-order valence-corrected chi connectivity index (χ4v) is 96.5. The molecular formula is C52H124O21Si16. The predicted octanol–water partition coefficient (Wildman–Crippen LogP) is 16.1. The first-order valence-corrected chi connectivity index (χ1v) is 69.5. The maximum absolute atomic E-state index is 8.32. The summed E-state index contributed by atoms with van der Waals surface area (Å²) in [4.78, 5) is 0. The largest absolute Gasteiger partial charge is 0.651 e. The molecule has 3 unspecified atom stereocenters. The highest BCUT2D eigenvalue weighted by molar-refractivity contribution is 7.05. The SMILES string of the molecule is CC[Si](CC)(CC)O[Si]12O[Si]3(O[Si](C)(C)CCC4CCC5OC5C4)O[Si]4(O[Si](CC)(CC)CC)O[Si](O[Si](CC)(CC)CC)(O1)O[Si]1(O[Si](CC)(CC)CC)O[Si](O[Si](CC)(CC)CC)(O2)O[Si](O[Si](CC)(CC)CC)(O3)O[Si](O[Si](CC)(CC)CC)(O4)O1. The van der Waals surface area contributed by atoms with E-state index in [9.17, 15) is 0 Å². The lowest BCUT2D eigenvalue weighted by atomic mass is 9.88. The fourth-order valence-electron chi connectivity index (χ4n) is 14.1. The van der Waals surface area contributed by atoms with E-state index < -0.39 is 139 Å². The van der Waals surface area contributed by atoms with Crippen molar-refractivity contribution >= 4 is 139 Å². The molecule has 8 fully saturated rings. The van der Waals surface area contributed by atoms with E-state index in [0.717, 1.165) is 31.7 Å². The molecule has 37 heteroatoms. The normalized spacial score (nSPS) is 34.5. The standard InChI is InChI=1S/C52H124O21Si16/c1-24-75(25-2,26-3)55-83-62-82(54-74(22,23)48-47-50-45-46-51-52(49-50)53-51)63-84(56-76(27-4,28-5)29-6)67-86(65-83,58-78(33-10,34-11)35-12)71-89(61-81(42-19,43-20)44-21)72-87(66-83,59-79(36-13,37-14)38-15)68-85(64-82,57-77(30-7,31-8)32-9)70-88(69-84,73-89)60-80(39-16,40-17)41-18/h50-52H,24-49H2,1-23H3. The molecule has 7 saturated heterocycles. The lowest BCUT2D eigenvalue weighted by molar-refractivity contribution is -0.130. The van der Waals surface area contributed by atoms with E-state index in [1.54, 1.807) is 0 Å². The Balaban J connectivity index is 1.77. The molecule has 3 atom stereocenters. The van der Waals surface area contributed by atoms with E-state index >= 15 is 0 Å². The summed E-state index contributed by atoms with van der Waals surface area (Å²) in [6.07, 6.45) is 4.76.